The van der Waals surface area contributed by atoms with Crippen LogP contribution in [0.15, 0.2) is 12.1 Å². The Bertz CT molecular complexity index is 388. The van der Waals surface area contributed by atoms with E-state index in [9.17, 15) is 4.79 Å². The van der Waals surface area contributed by atoms with Gasteiger partial charge >= 0.3 is 0 Å². The summed E-state index contributed by atoms with van der Waals surface area (Å²) >= 11 is 4.03. The average Bonchev–Trinajstić information content (AvgIpc) is 2.25. The van der Waals surface area contributed by atoms with Crippen LogP contribution >= 0.6 is 12.6 Å². The molecule has 16 heavy (non-hydrogen) atoms. The summed E-state index contributed by atoms with van der Waals surface area (Å²) in [5, 5.41) is 2.90. The Morgan fingerprint density at radius 3 is 2.56 bits per heavy atom. The molecule has 0 saturated carbocycles. The predicted octanol–water partition coefficient (Wildman–Crippen LogP) is 2.55. The van der Waals surface area contributed by atoms with Crippen LogP contribution in [0, 0.1) is 20.8 Å². The number of thiol groups is 1. The van der Waals surface area contributed by atoms with E-state index in [1.54, 1.807) is 0 Å². The molecular weight excluding hydrogens is 218 g/mol. The topological polar surface area (TPSA) is 29.1 Å². The maximum atomic E-state index is 11.3. The Kier molecular flexibility index (Phi) is 4.87. The summed E-state index contributed by atoms with van der Waals surface area (Å²) in [5.41, 5.74) is 5.06. The van der Waals surface area contributed by atoms with E-state index in [1.165, 1.54) is 22.3 Å². The number of carbonyl (C=O) groups excluding carboxylic acids is 1. The first-order chi connectivity index (χ1) is 7.56. The zero-order valence-corrected chi connectivity index (χ0v) is 11.0. The summed E-state index contributed by atoms with van der Waals surface area (Å²) in [4.78, 5) is 11.3. The maximum Gasteiger partial charge on any atom is 0.221 e. The van der Waals surface area contributed by atoms with Crippen LogP contribution in [0.3, 0.4) is 0 Å². The van der Waals surface area contributed by atoms with E-state index in [1.807, 2.05) is 0 Å². The molecule has 0 spiro atoms. The molecule has 0 heterocycles. The molecule has 1 aromatic rings. The SMILES string of the molecule is Cc1ccc(CNC(=O)CCS)c(C)c1C. The van der Waals surface area contributed by atoms with Gasteiger partial charge in [-0.1, -0.05) is 12.1 Å². The summed E-state index contributed by atoms with van der Waals surface area (Å²) < 4.78 is 0. The zero-order valence-electron chi connectivity index (χ0n) is 10.1. The lowest BCUT2D eigenvalue weighted by atomic mass is 9.99. The molecule has 0 radical (unpaired) electrons. The summed E-state index contributed by atoms with van der Waals surface area (Å²) in [6.07, 6.45) is 0.479. The van der Waals surface area contributed by atoms with Crippen molar-refractivity contribution in [3.8, 4) is 0 Å². The van der Waals surface area contributed by atoms with E-state index in [0.717, 1.165) is 0 Å². The Hall–Kier alpha value is -0.960. The number of nitrogens with one attached hydrogen (secondary N) is 1. The smallest absolute Gasteiger partial charge is 0.221 e. The van der Waals surface area contributed by atoms with Gasteiger partial charge in [-0.3, -0.25) is 4.79 Å². The lowest BCUT2D eigenvalue weighted by Gasteiger charge is -2.11. The van der Waals surface area contributed by atoms with E-state index in [4.69, 9.17) is 0 Å². The monoisotopic (exact) mass is 237 g/mol. The first-order valence-corrected chi connectivity index (χ1v) is 6.12. The van der Waals surface area contributed by atoms with Gasteiger partial charge in [0.25, 0.3) is 0 Å². The number of rotatable bonds is 4. The highest BCUT2D eigenvalue weighted by Crippen LogP contribution is 2.16. The van der Waals surface area contributed by atoms with Crippen molar-refractivity contribution in [3.63, 3.8) is 0 Å². The van der Waals surface area contributed by atoms with Crippen molar-refractivity contribution in [1.82, 2.24) is 5.32 Å². The summed E-state index contributed by atoms with van der Waals surface area (Å²) in [6.45, 7) is 6.93. The van der Waals surface area contributed by atoms with E-state index < -0.39 is 0 Å². The molecule has 0 aromatic heterocycles. The van der Waals surface area contributed by atoms with Gasteiger partial charge in [-0.15, -0.1) is 0 Å². The normalized spacial score (nSPS) is 10.2. The molecular formula is C13H19NOS. The standard InChI is InChI=1S/C13H19NOS/c1-9-4-5-12(11(3)10(9)2)8-14-13(15)6-7-16/h4-5,16H,6-8H2,1-3H3,(H,14,15). The largest absolute Gasteiger partial charge is 0.352 e. The van der Waals surface area contributed by atoms with E-state index >= 15 is 0 Å². The number of hydrogen-bond acceptors (Lipinski definition) is 2. The van der Waals surface area contributed by atoms with Gasteiger partial charge in [0.05, 0.1) is 0 Å². The Morgan fingerprint density at radius 2 is 1.94 bits per heavy atom. The minimum atomic E-state index is 0.0626. The van der Waals surface area contributed by atoms with Gasteiger partial charge in [0, 0.05) is 13.0 Å². The molecule has 1 aromatic carbocycles. The van der Waals surface area contributed by atoms with Crippen LogP contribution in [0.5, 0.6) is 0 Å². The summed E-state index contributed by atoms with van der Waals surface area (Å²) in [7, 11) is 0. The van der Waals surface area contributed by atoms with Gasteiger partial charge in [0.2, 0.25) is 5.91 Å². The highest BCUT2D eigenvalue weighted by molar-refractivity contribution is 7.80. The molecule has 1 amide bonds. The molecule has 1 rings (SSSR count). The number of benzene rings is 1. The molecule has 88 valence electrons. The van der Waals surface area contributed by atoms with Gasteiger partial charge in [-0.2, -0.15) is 12.6 Å². The minimum Gasteiger partial charge on any atom is -0.352 e. The molecule has 0 bridgehead atoms. The average molecular weight is 237 g/mol. The lowest BCUT2D eigenvalue weighted by Crippen LogP contribution is -2.23. The van der Waals surface area contributed by atoms with Gasteiger partial charge in [-0.05, 0) is 48.8 Å². The molecule has 2 nitrogen and oxygen atoms in total. The van der Waals surface area contributed by atoms with Gasteiger partial charge in [-0.25, -0.2) is 0 Å². The fourth-order valence-electron chi connectivity index (χ4n) is 1.59. The van der Waals surface area contributed by atoms with E-state index in [2.05, 4.69) is 50.8 Å². The fraction of sp³-hybridized carbons (Fsp3) is 0.462. The van der Waals surface area contributed by atoms with Crippen molar-refractivity contribution >= 4 is 18.5 Å². The summed E-state index contributed by atoms with van der Waals surface area (Å²) in [5.74, 6) is 0.658. The van der Waals surface area contributed by atoms with Gasteiger partial charge in [0.1, 0.15) is 0 Å². The first kappa shape index (κ1) is 13.1. The van der Waals surface area contributed by atoms with Crippen molar-refractivity contribution in [1.29, 1.82) is 0 Å². The Morgan fingerprint density at radius 1 is 1.25 bits per heavy atom. The second-order valence-electron chi connectivity index (χ2n) is 4.04. The molecule has 0 fully saturated rings. The molecule has 0 aliphatic heterocycles. The third-order valence-corrected chi connectivity index (χ3v) is 3.21. The van der Waals surface area contributed by atoms with E-state index in [-0.39, 0.29) is 5.91 Å². The Labute approximate surface area is 103 Å². The molecule has 0 unspecified atom stereocenters. The second-order valence-corrected chi connectivity index (χ2v) is 4.49. The Balaban J connectivity index is 2.68. The van der Waals surface area contributed by atoms with Crippen molar-refractivity contribution in [2.45, 2.75) is 33.7 Å². The highest BCUT2D eigenvalue weighted by Gasteiger charge is 2.05. The van der Waals surface area contributed by atoms with Gasteiger partial charge < -0.3 is 5.32 Å². The van der Waals surface area contributed by atoms with Crippen LogP contribution in [0.4, 0.5) is 0 Å². The first-order valence-electron chi connectivity index (χ1n) is 5.49. The molecule has 0 aliphatic rings. The van der Waals surface area contributed by atoms with Crippen LogP contribution in [-0.2, 0) is 11.3 Å². The molecule has 0 atom stereocenters. The number of hydrogen-bond donors (Lipinski definition) is 2. The maximum absolute atomic E-state index is 11.3. The number of aryl methyl sites for hydroxylation is 1. The summed E-state index contributed by atoms with van der Waals surface area (Å²) in [6, 6.07) is 4.18. The number of amides is 1. The van der Waals surface area contributed by atoms with Crippen molar-refractivity contribution in [3.05, 3.63) is 34.4 Å². The molecule has 0 aliphatic carbocycles. The van der Waals surface area contributed by atoms with Crippen molar-refractivity contribution in [2.24, 2.45) is 0 Å². The second kappa shape index (κ2) is 5.94. The molecule has 0 saturated heterocycles. The third-order valence-electron chi connectivity index (χ3n) is 2.99. The van der Waals surface area contributed by atoms with Crippen molar-refractivity contribution < 1.29 is 4.79 Å². The van der Waals surface area contributed by atoms with Gasteiger partial charge in [0.15, 0.2) is 0 Å². The van der Waals surface area contributed by atoms with E-state index in [0.29, 0.717) is 18.7 Å². The fourth-order valence-corrected chi connectivity index (χ4v) is 1.79. The molecule has 1 N–H and O–H groups in total. The van der Waals surface area contributed by atoms with Crippen LogP contribution in [0.25, 0.3) is 0 Å². The zero-order chi connectivity index (χ0) is 12.1. The minimum absolute atomic E-state index is 0.0626. The van der Waals surface area contributed by atoms with Crippen molar-refractivity contribution in [2.75, 3.05) is 5.75 Å². The lowest BCUT2D eigenvalue weighted by molar-refractivity contribution is -0.120. The van der Waals surface area contributed by atoms with Crippen LogP contribution in [-0.4, -0.2) is 11.7 Å². The van der Waals surface area contributed by atoms with Crippen LogP contribution in [0.2, 0.25) is 0 Å². The quantitative estimate of drug-likeness (QED) is 0.774. The molecule has 3 heteroatoms. The predicted molar refractivity (Wildman–Crippen MR) is 71.0 cm³/mol. The van der Waals surface area contributed by atoms with Crippen LogP contribution in [0.1, 0.15) is 28.7 Å². The highest BCUT2D eigenvalue weighted by atomic mass is 32.1. The third kappa shape index (κ3) is 3.27. The number of carbonyl (C=O) groups is 1. The van der Waals surface area contributed by atoms with Crippen LogP contribution < -0.4 is 5.32 Å².